The number of sulfone groups is 1. The fourth-order valence-electron chi connectivity index (χ4n) is 1.77. The lowest BCUT2D eigenvalue weighted by Gasteiger charge is -2.20. The molecule has 2 rings (SSSR count). The van der Waals surface area contributed by atoms with E-state index >= 15 is 0 Å². The van der Waals surface area contributed by atoms with Gasteiger partial charge < -0.3 is 4.52 Å². The SMILES string of the molecule is C/C(=C\Cl)CS(=O)(=O)Cc1noc(C2CCC2)n1. The van der Waals surface area contributed by atoms with Crippen LogP contribution in [-0.4, -0.2) is 24.3 Å². The van der Waals surface area contributed by atoms with Crippen LogP contribution in [0.25, 0.3) is 0 Å². The van der Waals surface area contributed by atoms with Gasteiger partial charge in [0.15, 0.2) is 15.7 Å². The van der Waals surface area contributed by atoms with Gasteiger partial charge in [-0.2, -0.15) is 4.98 Å². The van der Waals surface area contributed by atoms with E-state index in [-0.39, 0.29) is 17.3 Å². The van der Waals surface area contributed by atoms with Crippen LogP contribution >= 0.6 is 11.6 Å². The van der Waals surface area contributed by atoms with E-state index in [1.165, 1.54) is 12.0 Å². The summed E-state index contributed by atoms with van der Waals surface area (Å²) in [5, 5.41) is 3.72. The van der Waals surface area contributed by atoms with Gasteiger partial charge in [0.05, 0.1) is 5.75 Å². The molecule has 0 spiro atoms. The quantitative estimate of drug-likeness (QED) is 0.832. The second-order valence-corrected chi connectivity index (χ2v) is 6.95. The van der Waals surface area contributed by atoms with Crippen LogP contribution in [0.1, 0.15) is 43.8 Å². The van der Waals surface area contributed by atoms with Crippen LogP contribution in [0.3, 0.4) is 0 Å². The van der Waals surface area contributed by atoms with Crippen molar-refractivity contribution in [2.75, 3.05) is 5.75 Å². The Labute approximate surface area is 111 Å². The van der Waals surface area contributed by atoms with Crippen molar-refractivity contribution in [3.05, 3.63) is 22.8 Å². The standard InChI is InChI=1S/C11H15ClN2O3S/c1-8(5-12)6-18(15,16)7-10-13-11(17-14-10)9-3-2-4-9/h5,9H,2-4,6-7H2,1H3/b8-5+. The minimum atomic E-state index is -3.28. The van der Waals surface area contributed by atoms with Crippen molar-refractivity contribution in [1.82, 2.24) is 10.1 Å². The van der Waals surface area contributed by atoms with Gasteiger partial charge in [-0.25, -0.2) is 8.42 Å². The lowest BCUT2D eigenvalue weighted by atomic mass is 9.85. The zero-order valence-electron chi connectivity index (χ0n) is 10.1. The molecule has 0 amide bonds. The summed E-state index contributed by atoms with van der Waals surface area (Å²) in [5.41, 5.74) is 1.87. The Kier molecular flexibility index (Phi) is 4.07. The minimum absolute atomic E-state index is 0.0796. The molecule has 100 valence electrons. The summed E-state index contributed by atoms with van der Waals surface area (Å²) >= 11 is 5.46. The molecule has 0 radical (unpaired) electrons. The summed E-state index contributed by atoms with van der Waals surface area (Å²) < 4.78 is 28.7. The van der Waals surface area contributed by atoms with E-state index in [2.05, 4.69) is 10.1 Å². The van der Waals surface area contributed by atoms with Gasteiger partial charge in [-0.1, -0.05) is 23.2 Å². The molecule has 7 heteroatoms. The van der Waals surface area contributed by atoms with Crippen LogP contribution in [0, 0.1) is 0 Å². The molecular weight excluding hydrogens is 276 g/mol. The Bertz CT molecular complexity index is 546. The molecule has 1 aliphatic carbocycles. The molecule has 1 aromatic heterocycles. The molecule has 0 saturated heterocycles. The first-order chi connectivity index (χ1) is 8.50. The van der Waals surface area contributed by atoms with E-state index in [1.54, 1.807) is 6.92 Å². The monoisotopic (exact) mass is 290 g/mol. The van der Waals surface area contributed by atoms with E-state index in [0.29, 0.717) is 17.4 Å². The molecule has 0 bridgehead atoms. The number of rotatable bonds is 5. The van der Waals surface area contributed by atoms with Gasteiger partial charge in [0.25, 0.3) is 0 Å². The highest BCUT2D eigenvalue weighted by molar-refractivity contribution is 7.90. The highest BCUT2D eigenvalue weighted by atomic mass is 35.5. The molecule has 1 heterocycles. The number of hydrogen-bond acceptors (Lipinski definition) is 5. The van der Waals surface area contributed by atoms with Gasteiger partial charge in [-0.3, -0.25) is 0 Å². The molecule has 0 unspecified atom stereocenters. The third kappa shape index (κ3) is 3.32. The molecule has 0 atom stereocenters. The number of halogens is 1. The Morgan fingerprint density at radius 1 is 1.56 bits per heavy atom. The van der Waals surface area contributed by atoms with Crippen molar-refractivity contribution < 1.29 is 12.9 Å². The van der Waals surface area contributed by atoms with Gasteiger partial charge in [-0.05, 0) is 25.3 Å². The molecule has 0 aromatic carbocycles. The largest absolute Gasteiger partial charge is 0.339 e. The van der Waals surface area contributed by atoms with Gasteiger partial charge in [-0.15, -0.1) is 0 Å². The Balaban J connectivity index is 2.02. The van der Waals surface area contributed by atoms with Gasteiger partial charge in [0.2, 0.25) is 5.89 Å². The molecule has 1 saturated carbocycles. The molecule has 1 fully saturated rings. The maximum absolute atomic E-state index is 11.8. The molecule has 1 aromatic rings. The Morgan fingerprint density at radius 3 is 2.83 bits per heavy atom. The van der Waals surface area contributed by atoms with Crippen molar-refractivity contribution >= 4 is 21.4 Å². The van der Waals surface area contributed by atoms with E-state index in [0.717, 1.165) is 12.8 Å². The van der Waals surface area contributed by atoms with Crippen molar-refractivity contribution in [3.63, 3.8) is 0 Å². The summed E-state index contributed by atoms with van der Waals surface area (Å²) in [7, 11) is -3.28. The molecule has 5 nitrogen and oxygen atoms in total. The van der Waals surface area contributed by atoms with Gasteiger partial charge in [0, 0.05) is 11.5 Å². The number of nitrogens with zero attached hydrogens (tertiary/aromatic N) is 2. The molecule has 0 N–H and O–H groups in total. The zero-order valence-corrected chi connectivity index (χ0v) is 11.7. The number of hydrogen-bond donors (Lipinski definition) is 0. The van der Waals surface area contributed by atoms with Crippen LogP contribution in [0.2, 0.25) is 0 Å². The summed E-state index contributed by atoms with van der Waals surface area (Å²) in [5.74, 6) is 0.837. The third-order valence-electron chi connectivity index (χ3n) is 2.92. The highest BCUT2D eigenvalue weighted by Crippen LogP contribution is 2.35. The lowest BCUT2D eigenvalue weighted by Crippen LogP contribution is -2.12. The summed E-state index contributed by atoms with van der Waals surface area (Å²) in [6, 6.07) is 0. The van der Waals surface area contributed by atoms with Crippen LogP contribution < -0.4 is 0 Å². The normalized spacial score (nSPS) is 17.8. The minimum Gasteiger partial charge on any atom is -0.339 e. The van der Waals surface area contributed by atoms with Crippen LogP contribution in [0.4, 0.5) is 0 Å². The molecule has 0 aliphatic heterocycles. The summed E-state index contributed by atoms with van der Waals surface area (Å²) in [6.45, 7) is 1.67. The summed E-state index contributed by atoms with van der Waals surface area (Å²) in [6.07, 6.45) is 3.26. The third-order valence-corrected chi connectivity index (χ3v) is 4.89. The Hall–Kier alpha value is -0.880. The predicted octanol–water partition coefficient (Wildman–Crippen LogP) is 2.39. The lowest BCUT2D eigenvalue weighted by molar-refractivity contribution is 0.291. The van der Waals surface area contributed by atoms with Crippen LogP contribution in [-0.2, 0) is 15.6 Å². The van der Waals surface area contributed by atoms with E-state index in [4.69, 9.17) is 16.1 Å². The van der Waals surface area contributed by atoms with Gasteiger partial charge in [0.1, 0.15) is 5.75 Å². The first-order valence-electron chi connectivity index (χ1n) is 5.79. The first kappa shape index (κ1) is 13.5. The first-order valence-corrected chi connectivity index (χ1v) is 8.05. The highest BCUT2D eigenvalue weighted by Gasteiger charge is 2.26. The fraction of sp³-hybridized carbons (Fsp3) is 0.636. The van der Waals surface area contributed by atoms with Crippen molar-refractivity contribution in [2.45, 2.75) is 37.9 Å². The van der Waals surface area contributed by atoms with Crippen molar-refractivity contribution in [1.29, 1.82) is 0 Å². The van der Waals surface area contributed by atoms with Gasteiger partial charge >= 0.3 is 0 Å². The smallest absolute Gasteiger partial charge is 0.229 e. The van der Waals surface area contributed by atoms with E-state index < -0.39 is 9.84 Å². The molecule has 18 heavy (non-hydrogen) atoms. The fourth-order valence-corrected chi connectivity index (χ4v) is 3.33. The second kappa shape index (κ2) is 5.40. The predicted molar refractivity (Wildman–Crippen MR) is 68.0 cm³/mol. The molecular formula is C11H15ClN2O3S. The zero-order chi connectivity index (χ0) is 13.2. The maximum Gasteiger partial charge on any atom is 0.229 e. The number of aromatic nitrogens is 2. The Morgan fingerprint density at radius 2 is 2.28 bits per heavy atom. The van der Waals surface area contributed by atoms with Crippen LogP contribution in [0.15, 0.2) is 15.6 Å². The second-order valence-electron chi connectivity index (χ2n) is 4.66. The van der Waals surface area contributed by atoms with E-state index in [9.17, 15) is 8.42 Å². The average molecular weight is 291 g/mol. The summed E-state index contributed by atoms with van der Waals surface area (Å²) in [4.78, 5) is 4.14. The topological polar surface area (TPSA) is 73.1 Å². The van der Waals surface area contributed by atoms with E-state index in [1.807, 2.05) is 0 Å². The van der Waals surface area contributed by atoms with Crippen molar-refractivity contribution in [2.24, 2.45) is 0 Å². The van der Waals surface area contributed by atoms with Crippen molar-refractivity contribution in [3.8, 4) is 0 Å². The van der Waals surface area contributed by atoms with Crippen LogP contribution in [0.5, 0.6) is 0 Å². The maximum atomic E-state index is 11.8. The average Bonchev–Trinajstić information content (AvgIpc) is 2.61. The molecule has 1 aliphatic rings.